The number of ketones is 1. The van der Waals surface area contributed by atoms with E-state index in [-0.39, 0.29) is 17.8 Å². The standard InChI is InChI=1S/C8H16O2/c1-5-7(10-4)8(9)6(2)3/h6-7H,5H2,1-4H3/t7-/m0/s1. The van der Waals surface area contributed by atoms with Gasteiger partial charge in [0.25, 0.3) is 0 Å². The van der Waals surface area contributed by atoms with Gasteiger partial charge in [-0.15, -0.1) is 0 Å². The maximum Gasteiger partial charge on any atom is 0.164 e. The van der Waals surface area contributed by atoms with Crippen molar-refractivity contribution in [3.05, 3.63) is 0 Å². The second kappa shape index (κ2) is 4.45. The number of methoxy groups -OCH3 is 1. The van der Waals surface area contributed by atoms with Crippen LogP contribution in [0.2, 0.25) is 0 Å². The number of carbonyl (C=O) groups excluding carboxylic acids is 1. The van der Waals surface area contributed by atoms with Gasteiger partial charge in [-0.3, -0.25) is 4.79 Å². The van der Waals surface area contributed by atoms with Crippen molar-refractivity contribution >= 4 is 5.78 Å². The number of hydrogen-bond acceptors (Lipinski definition) is 2. The van der Waals surface area contributed by atoms with Crippen LogP contribution in [-0.4, -0.2) is 19.0 Å². The molecule has 0 spiro atoms. The van der Waals surface area contributed by atoms with Gasteiger partial charge in [0.2, 0.25) is 0 Å². The minimum absolute atomic E-state index is 0.0879. The monoisotopic (exact) mass is 144 g/mol. The van der Waals surface area contributed by atoms with Crippen LogP contribution in [0.25, 0.3) is 0 Å². The molecule has 1 atom stereocenters. The zero-order chi connectivity index (χ0) is 8.15. The molecule has 0 N–H and O–H groups in total. The fourth-order valence-electron chi connectivity index (χ4n) is 0.856. The maximum atomic E-state index is 11.2. The van der Waals surface area contributed by atoms with E-state index in [9.17, 15) is 4.79 Å². The topological polar surface area (TPSA) is 26.3 Å². The molecular formula is C8H16O2. The van der Waals surface area contributed by atoms with Gasteiger partial charge >= 0.3 is 0 Å². The second-order valence-corrected chi connectivity index (χ2v) is 2.69. The highest BCUT2D eigenvalue weighted by molar-refractivity contribution is 5.84. The predicted molar refractivity (Wildman–Crippen MR) is 40.9 cm³/mol. The van der Waals surface area contributed by atoms with Gasteiger partial charge in [0.05, 0.1) is 0 Å². The summed E-state index contributed by atoms with van der Waals surface area (Å²) in [5.74, 6) is 0.287. The highest BCUT2D eigenvalue weighted by Gasteiger charge is 2.17. The largest absolute Gasteiger partial charge is 0.374 e. The molecule has 0 radical (unpaired) electrons. The van der Waals surface area contributed by atoms with E-state index in [1.54, 1.807) is 7.11 Å². The highest BCUT2D eigenvalue weighted by atomic mass is 16.5. The van der Waals surface area contributed by atoms with Crippen LogP contribution in [0, 0.1) is 5.92 Å². The van der Waals surface area contributed by atoms with Gasteiger partial charge in [-0.25, -0.2) is 0 Å². The molecular weight excluding hydrogens is 128 g/mol. The van der Waals surface area contributed by atoms with Crippen LogP contribution in [0.1, 0.15) is 27.2 Å². The molecule has 0 amide bonds. The summed E-state index contributed by atoms with van der Waals surface area (Å²) in [6.45, 7) is 5.74. The van der Waals surface area contributed by atoms with Gasteiger partial charge < -0.3 is 4.74 Å². The van der Waals surface area contributed by atoms with E-state index in [1.807, 2.05) is 20.8 Å². The summed E-state index contributed by atoms with van der Waals surface area (Å²) in [5, 5.41) is 0. The van der Waals surface area contributed by atoms with Gasteiger partial charge in [-0.2, -0.15) is 0 Å². The van der Waals surface area contributed by atoms with Crippen LogP contribution in [0.15, 0.2) is 0 Å². The first-order chi connectivity index (χ1) is 4.63. The molecule has 0 aromatic carbocycles. The number of carbonyl (C=O) groups is 1. The van der Waals surface area contributed by atoms with Crippen LogP contribution in [0.4, 0.5) is 0 Å². The van der Waals surface area contributed by atoms with Crippen LogP contribution >= 0.6 is 0 Å². The first-order valence-corrected chi connectivity index (χ1v) is 3.70. The lowest BCUT2D eigenvalue weighted by Crippen LogP contribution is -2.26. The second-order valence-electron chi connectivity index (χ2n) is 2.69. The summed E-state index contributed by atoms with van der Waals surface area (Å²) in [4.78, 5) is 11.2. The van der Waals surface area contributed by atoms with Gasteiger partial charge in [-0.05, 0) is 6.42 Å². The molecule has 0 unspecified atom stereocenters. The fourth-order valence-corrected chi connectivity index (χ4v) is 0.856. The van der Waals surface area contributed by atoms with E-state index < -0.39 is 0 Å². The van der Waals surface area contributed by atoms with Crippen LogP contribution in [0.5, 0.6) is 0 Å². The Bertz CT molecular complexity index is 104. The molecule has 0 aromatic heterocycles. The molecule has 0 heterocycles. The summed E-state index contributed by atoms with van der Waals surface area (Å²) >= 11 is 0. The third-order valence-electron chi connectivity index (χ3n) is 1.54. The maximum absolute atomic E-state index is 11.2. The minimum atomic E-state index is -0.194. The summed E-state index contributed by atoms with van der Waals surface area (Å²) in [6, 6.07) is 0. The SMILES string of the molecule is CC[C@H](OC)C(=O)C(C)C. The van der Waals surface area contributed by atoms with Crippen LogP contribution in [0.3, 0.4) is 0 Å². The average molecular weight is 144 g/mol. The Morgan fingerprint density at radius 1 is 1.50 bits per heavy atom. The first kappa shape index (κ1) is 9.63. The van der Waals surface area contributed by atoms with Crippen molar-refractivity contribution in [1.82, 2.24) is 0 Å². The van der Waals surface area contributed by atoms with E-state index in [0.29, 0.717) is 0 Å². The van der Waals surface area contributed by atoms with Crippen molar-refractivity contribution in [2.45, 2.75) is 33.3 Å². The fraction of sp³-hybridized carbons (Fsp3) is 0.875. The minimum Gasteiger partial charge on any atom is -0.374 e. The third kappa shape index (κ3) is 2.48. The molecule has 2 heteroatoms. The Labute approximate surface area is 62.6 Å². The molecule has 2 nitrogen and oxygen atoms in total. The number of rotatable bonds is 4. The summed E-state index contributed by atoms with van der Waals surface area (Å²) < 4.78 is 4.97. The molecule has 0 rings (SSSR count). The molecule has 0 bridgehead atoms. The first-order valence-electron chi connectivity index (χ1n) is 3.70. The highest BCUT2D eigenvalue weighted by Crippen LogP contribution is 2.05. The number of hydrogen-bond donors (Lipinski definition) is 0. The van der Waals surface area contributed by atoms with E-state index in [2.05, 4.69) is 0 Å². The Hall–Kier alpha value is -0.370. The van der Waals surface area contributed by atoms with Crippen molar-refractivity contribution in [1.29, 1.82) is 0 Å². The van der Waals surface area contributed by atoms with Crippen molar-refractivity contribution in [2.75, 3.05) is 7.11 Å². The Morgan fingerprint density at radius 2 is 2.00 bits per heavy atom. The van der Waals surface area contributed by atoms with Crippen molar-refractivity contribution in [3.8, 4) is 0 Å². The van der Waals surface area contributed by atoms with E-state index in [4.69, 9.17) is 4.74 Å². The van der Waals surface area contributed by atoms with Crippen molar-refractivity contribution in [3.63, 3.8) is 0 Å². The molecule has 0 aromatic rings. The third-order valence-corrected chi connectivity index (χ3v) is 1.54. The molecule has 10 heavy (non-hydrogen) atoms. The lowest BCUT2D eigenvalue weighted by molar-refractivity contribution is -0.132. The molecule has 0 saturated heterocycles. The van der Waals surface area contributed by atoms with Crippen LogP contribution in [-0.2, 0) is 9.53 Å². The van der Waals surface area contributed by atoms with Crippen molar-refractivity contribution < 1.29 is 9.53 Å². The zero-order valence-corrected chi connectivity index (χ0v) is 7.18. The molecule has 0 fully saturated rings. The molecule has 0 aliphatic heterocycles. The zero-order valence-electron chi connectivity index (χ0n) is 7.18. The quantitative estimate of drug-likeness (QED) is 0.599. The van der Waals surface area contributed by atoms with E-state index in [0.717, 1.165) is 6.42 Å². The molecule has 0 aliphatic rings. The van der Waals surface area contributed by atoms with Gasteiger partial charge in [0, 0.05) is 13.0 Å². The van der Waals surface area contributed by atoms with Gasteiger partial charge in [0.15, 0.2) is 5.78 Å². The summed E-state index contributed by atoms with van der Waals surface area (Å²) in [7, 11) is 1.58. The Kier molecular flexibility index (Phi) is 4.28. The molecule has 60 valence electrons. The Balaban J connectivity index is 3.89. The summed E-state index contributed by atoms with van der Waals surface area (Å²) in [5.41, 5.74) is 0. The van der Waals surface area contributed by atoms with Crippen molar-refractivity contribution in [2.24, 2.45) is 5.92 Å². The Morgan fingerprint density at radius 3 is 2.10 bits per heavy atom. The molecule has 0 saturated carbocycles. The van der Waals surface area contributed by atoms with E-state index in [1.165, 1.54) is 0 Å². The average Bonchev–Trinajstić information content (AvgIpc) is 1.90. The molecule has 0 aliphatic carbocycles. The lowest BCUT2D eigenvalue weighted by atomic mass is 10.0. The van der Waals surface area contributed by atoms with E-state index >= 15 is 0 Å². The summed E-state index contributed by atoms with van der Waals surface area (Å²) in [6.07, 6.45) is 0.577. The smallest absolute Gasteiger partial charge is 0.164 e. The predicted octanol–water partition coefficient (Wildman–Crippen LogP) is 1.64. The lowest BCUT2D eigenvalue weighted by Gasteiger charge is -2.13. The van der Waals surface area contributed by atoms with Crippen LogP contribution < -0.4 is 0 Å². The number of Topliss-reactive ketones (excluding diaryl/α,β-unsaturated/α-hetero) is 1. The van der Waals surface area contributed by atoms with Gasteiger partial charge in [-0.1, -0.05) is 20.8 Å². The normalized spacial score (nSPS) is 13.7. The number of ether oxygens (including phenoxy) is 1. The van der Waals surface area contributed by atoms with Gasteiger partial charge in [0.1, 0.15) is 6.10 Å².